The van der Waals surface area contributed by atoms with Crippen LogP contribution in [0.15, 0.2) is 18.2 Å². The highest BCUT2D eigenvalue weighted by Gasteiger charge is 2.09. The van der Waals surface area contributed by atoms with Gasteiger partial charge >= 0.3 is 0 Å². The first-order chi connectivity index (χ1) is 6.83. The Hall–Kier alpha value is -0.840. The number of para-hydroxylation sites is 1. The standard InChI is InChI=1S/C9H9BrF2O2/c10-4-7-2-1-3-8(13-5-11)9(7)14-6-12/h1-3H,4-6H2. The third-order valence-electron chi connectivity index (χ3n) is 1.61. The molecule has 0 aliphatic rings. The molecule has 2 nitrogen and oxygen atoms in total. The van der Waals surface area contributed by atoms with E-state index in [0.29, 0.717) is 10.9 Å². The number of hydrogen-bond donors (Lipinski definition) is 0. The normalized spacial score (nSPS) is 9.93. The molecular weight excluding hydrogens is 258 g/mol. The summed E-state index contributed by atoms with van der Waals surface area (Å²) in [4.78, 5) is 0. The maximum Gasteiger partial charge on any atom is 0.228 e. The topological polar surface area (TPSA) is 18.5 Å². The molecule has 0 fully saturated rings. The van der Waals surface area contributed by atoms with E-state index in [9.17, 15) is 8.78 Å². The van der Waals surface area contributed by atoms with Crippen LogP contribution < -0.4 is 9.47 Å². The van der Waals surface area contributed by atoms with Crippen molar-refractivity contribution in [2.45, 2.75) is 5.33 Å². The molecule has 0 N–H and O–H groups in total. The van der Waals surface area contributed by atoms with E-state index in [-0.39, 0.29) is 11.5 Å². The van der Waals surface area contributed by atoms with Crippen LogP contribution >= 0.6 is 15.9 Å². The smallest absolute Gasteiger partial charge is 0.228 e. The molecule has 0 aromatic heterocycles. The first kappa shape index (κ1) is 11.2. The van der Waals surface area contributed by atoms with Crippen molar-refractivity contribution in [3.63, 3.8) is 0 Å². The van der Waals surface area contributed by atoms with Gasteiger partial charge in [-0.1, -0.05) is 28.1 Å². The molecule has 0 saturated heterocycles. The van der Waals surface area contributed by atoms with Crippen LogP contribution in [0.5, 0.6) is 11.5 Å². The Morgan fingerprint density at radius 1 is 1.14 bits per heavy atom. The van der Waals surface area contributed by atoms with Gasteiger partial charge in [0.25, 0.3) is 0 Å². The molecule has 0 saturated carbocycles. The average molecular weight is 267 g/mol. The Kier molecular flexibility index (Phi) is 4.65. The summed E-state index contributed by atoms with van der Waals surface area (Å²) in [7, 11) is 0. The summed E-state index contributed by atoms with van der Waals surface area (Å²) in [6, 6.07) is 4.95. The highest BCUT2D eigenvalue weighted by atomic mass is 79.9. The van der Waals surface area contributed by atoms with Gasteiger partial charge in [0.15, 0.2) is 11.5 Å². The Morgan fingerprint density at radius 3 is 2.43 bits per heavy atom. The zero-order chi connectivity index (χ0) is 10.4. The second kappa shape index (κ2) is 5.80. The summed E-state index contributed by atoms with van der Waals surface area (Å²) in [5, 5.41) is 0.492. The monoisotopic (exact) mass is 266 g/mol. The molecule has 1 rings (SSSR count). The Bertz CT molecular complexity index is 294. The molecule has 0 aliphatic carbocycles. The highest BCUT2D eigenvalue weighted by Crippen LogP contribution is 2.32. The lowest BCUT2D eigenvalue weighted by molar-refractivity contribution is 0.157. The summed E-state index contributed by atoms with van der Waals surface area (Å²) < 4.78 is 33.4. The third kappa shape index (κ3) is 2.57. The Labute approximate surface area is 89.0 Å². The number of alkyl halides is 3. The predicted molar refractivity (Wildman–Crippen MR) is 52.3 cm³/mol. The van der Waals surface area contributed by atoms with E-state index in [1.54, 1.807) is 12.1 Å². The van der Waals surface area contributed by atoms with Gasteiger partial charge in [0.05, 0.1) is 0 Å². The SMILES string of the molecule is FCOc1cccc(CBr)c1OCF. The van der Waals surface area contributed by atoms with Crippen LogP contribution in [0, 0.1) is 0 Å². The average Bonchev–Trinajstić information content (AvgIpc) is 2.21. The zero-order valence-electron chi connectivity index (χ0n) is 7.30. The van der Waals surface area contributed by atoms with Crippen molar-refractivity contribution in [2.75, 3.05) is 13.7 Å². The van der Waals surface area contributed by atoms with Crippen molar-refractivity contribution in [3.8, 4) is 11.5 Å². The quantitative estimate of drug-likeness (QED) is 0.763. The van der Waals surface area contributed by atoms with Gasteiger partial charge in [0.2, 0.25) is 13.7 Å². The van der Waals surface area contributed by atoms with Crippen LogP contribution in [-0.4, -0.2) is 13.7 Å². The van der Waals surface area contributed by atoms with E-state index in [4.69, 9.17) is 4.74 Å². The van der Waals surface area contributed by atoms with Gasteiger partial charge in [0, 0.05) is 10.9 Å². The van der Waals surface area contributed by atoms with Crippen molar-refractivity contribution in [1.82, 2.24) is 0 Å². The molecule has 0 amide bonds. The van der Waals surface area contributed by atoms with Gasteiger partial charge in [-0.25, -0.2) is 8.78 Å². The van der Waals surface area contributed by atoms with E-state index < -0.39 is 13.7 Å². The van der Waals surface area contributed by atoms with Crippen LogP contribution in [0.25, 0.3) is 0 Å². The minimum absolute atomic E-state index is 0.210. The number of rotatable bonds is 5. The number of halogens is 3. The van der Waals surface area contributed by atoms with E-state index >= 15 is 0 Å². The summed E-state index contributed by atoms with van der Waals surface area (Å²) in [5.41, 5.74) is 0.716. The Balaban J connectivity index is 3.00. The lowest BCUT2D eigenvalue weighted by Gasteiger charge is -2.11. The molecule has 0 radical (unpaired) electrons. The molecule has 0 unspecified atom stereocenters. The maximum absolute atomic E-state index is 12.0. The fraction of sp³-hybridized carbons (Fsp3) is 0.333. The van der Waals surface area contributed by atoms with Gasteiger partial charge in [-0.3, -0.25) is 0 Å². The zero-order valence-corrected chi connectivity index (χ0v) is 8.89. The molecule has 14 heavy (non-hydrogen) atoms. The molecule has 78 valence electrons. The summed E-state index contributed by atoms with van der Waals surface area (Å²) in [6.45, 7) is -1.93. The third-order valence-corrected chi connectivity index (χ3v) is 2.22. The summed E-state index contributed by atoms with van der Waals surface area (Å²) in [5.74, 6) is 0.451. The molecule has 0 spiro atoms. The highest BCUT2D eigenvalue weighted by molar-refractivity contribution is 9.08. The lowest BCUT2D eigenvalue weighted by atomic mass is 10.2. The molecule has 0 atom stereocenters. The number of hydrogen-bond acceptors (Lipinski definition) is 2. The van der Waals surface area contributed by atoms with Gasteiger partial charge < -0.3 is 9.47 Å². The van der Waals surface area contributed by atoms with Gasteiger partial charge in [-0.2, -0.15) is 0 Å². The molecule has 1 aromatic carbocycles. The van der Waals surface area contributed by atoms with E-state index in [0.717, 1.165) is 0 Å². The maximum atomic E-state index is 12.0. The fourth-order valence-corrected chi connectivity index (χ4v) is 1.50. The second-order valence-electron chi connectivity index (χ2n) is 2.38. The molecule has 0 aliphatic heterocycles. The molecule has 0 heterocycles. The molecule has 1 aromatic rings. The predicted octanol–water partition coefficient (Wildman–Crippen LogP) is 3.19. The van der Waals surface area contributed by atoms with Crippen molar-refractivity contribution >= 4 is 15.9 Å². The van der Waals surface area contributed by atoms with E-state index in [1.165, 1.54) is 6.07 Å². The van der Waals surface area contributed by atoms with Gasteiger partial charge in [-0.05, 0) is 6.07 Å². The minimum Gasteiger partial charge on any atom is -0.459 e. The second-order valence-corrected chi connectivity index (χ2v) is 2.95. The first-order valence-corrected chi connectivity index (χ1v) is 5.01. The molecule has 5 heteroatoms. The minimum atomic E-state index is -0.966. The largest absolute Gasteiger partial charge is 0.459 e. The fourth-order valence-electron chi connectivity index (χ4n) is 1.06. The van der Waals surface area contributed by atoms with Crippen molar-refractivity contribution < 1.29 is 18.3 Å². The molecular formula is C9H9BrF2O2. The summed E-state index contributed by atoms with van der Waals surface area (Å²) in [6.07, 6.45) is 0. The number of benzene rings is 1. The summed E-state index contributed by atoms with van der Waals surface area (Å²) >= 11 is 3.21. The van der Waals surface area contributed by atoms with Crippen LogP contribution in [0.3, 0.4) is 0 Å². The lowest BCUT2D eigenvalue weighted by Crippen LogP contribution is -1.99. The van der Waals surface area contributed by atoms with Crippen LogP contribution in [0.1, 0.15) is 5.56 Å². The van der Waals surface area contributed by atoms with Crippen LogP contribution in [0.4, 0.5) is 8.78 Å². The van der Waals surface area contributed by atoms with E-state index in [2.05, 4.69) is 20.7 Å². The number of ether oxygens (including phenoxy) is 2. The van der Waals surface area contributed by atoms with Crippen molar-refractivity contribution in [2.24, 2.45) is 0 Å². The molecule has 0 bridgehead atoms. The van der Waals surface area contributed by atoms with E-state index in [1.807, 2.05) is 0 Å². The first-order valence-electron chi connectivity index (χ1n) is 3.88. The van der Waals surface area contributed by atoms with Gasteiger partial charge in [0.1, 0.15) is 0 Å². The Morgan fingerprint density at radius 2 is 1.86 bits per heavy atom. The van der Waals surface area contributed by atoms with Crippen molar-refractivity contribution in [1.29, 1.82) is 0 Å². The van der Waals surface area contributed by atoms with Crippen LogP contribution in [0.2, 0.25) is 0 Å². The van der Waals surface area contributed by atoms with Gasteiger partial charge in [-0.15, -0.1) is 0 Å². The van der Waals surface area contributed by atoms with Crippen LogP contribution in [-0.2, 0) is 5.33 Å². The van der Waals surface area contributed by atoms with Crippen molar-refractivity contribution in [3.05, 3.63) is 23.8 Å².